The third kappa shape index (κ3) is 11.6. The van der Waals surface area contributed by atoms with Crippen LogP contribution in [0, 0.1) is 23.2 Å². The second-order valence-corrected chi connectivity index (χ2v) is 4.87. The second kappa shape index (κ2) is 13.9. The zero-order valence-electron chi connectivity index (χ0n) is 12.9. The van der Waals surface area contributed by atoms with Gasteiger partial charge in [0.1, 0.15) is 0 Å². The first-order valence-electron chi connectivity index (χ1n) is 7.79. The standard InChI is InChI=1S/C17H27NO2/c1-3-5-6-7-8-9-10-11-13-16(14-12-15-18)20-17(19)4-2/h16H,3-10,12,14H2,1-2H3. The normalized spacial score (nSPS) is 11.1. The van der Waals surface area contributed by atoms with E-state index in [-0.39, 0.29) is 5.97 Å². The summed E-state index contributed by atoms with van der Waals surface area (Å²) >= 11 is 0. The second-order valence-electron chi connectivity index (χ2n) is 4.87. The van der Waals surface area contributed by atoms with Gasteiger partial charge in [0.2, 0.25) is 0 Å². The molecule has 3 nitrogen and oxygen atoms in total. The molecule has 0 saturated carbocycles. The zero-order chi connectivity index (χ0) is 15.1. The van der Waals surface area contributed by atoms with Crippen LogP contribution in [0.2, 0.25) is 0 Å². The Morgan fingerprint density at radius 3 is 2.45 bits per heavy atom. The van der Waals surface area contributed by atoms with E-state index in [0.29, 0.717) is 19.3 Å². The predicted octanol–water partition coefficient (Wildman–Crippen LogP) is 4.37. The molecule has 0 aromatic rings. The Kier molecular flexibility index (Phi) is 12.9. The Labute approximate surface area is 123 Å². The highest BCUT2D eigenvalue weighted by atomic mass is 16.5. The summed E-state index contributed by atoms with van der Waals surface area (Å²) in [5, 5.41) is 8.58. The number of carbonyl (C=O) groups is 1. The van der Waals surface area contributed by atoms with Crippen molar-refractivity contribution in [2.75, 3.05) is 0 Å². The van der Waals surface area contributed by atoms with E-state index in [1.165, 1.54) is 32.1 Å². The summed E-state index contributed by atoms with van der Waals surface area (Å²) in [5.74, 6) is 5.81. The highest BCUT2D eigenvalue weighted by Gasteiger charge is 2.09. The highest BCUT2D eigenvalue weighted by Crippen LogP contribution is 2.07. The largest absolute Gasteiger partial charge is 0.449 e. The topological polar surface area (TPSA) is 50.1 Å². The molecule has 0 radical (unpaired) electrons. The van der Waals surface area contributed by atoms with Crippen molar-refractivity contribution in [3.05, 3.63) is 0 Å². The number of rotatable bonds is 10. The number of carbonyl (C=O) groups excluding carboxylic acids is 1. The summed E-state index contributed by atoms with van der Waals surface area (Å²) < 4.78 is 5.20. The lowest BCUT2D eigenvalue weighted by molar-refractivity contribution is -0.146. The smallest absolute Gasteiger partial charge is 0.306 e. The van der Waals surface area contributed by atoms with Gasteiger partial charge in [0.25, 0.3) is 0 Å². The minimum absolute atomic E-state index is 0.248. The van der Waals surface area contributed by atoms with Crippen LogP contribution in [0.25, 0.3) is 0 Å². The van der Waals surface area contributed by atoms with Gasteiger partial charge in [-0.05, 0) is 6.42 Å². The summed E-state index contributed by atoms with van der Waals surface area (Å²) in [7, 11) is 0. The maximum Gasteiger partial charge on any atom is 0.306 e. The van der Waals surface area contributed by atoms with Crippen molar-refractivity contribution in [1.29, 1.82) is 5.26 Å². The van der Waals surface area contributed by atoms with Gasteiger partial charge in [-0.25, -0.2) is 0 Å². The Hall–Kier alpha value is -1.48. The van der Waals surface area contributed by atoms with E-state index >= 15 is 0 Å². The average Bonchev–Trinajstić information content (AvgIpc) is 2.46. The average molecular weight is 277 g/mol. The van der Waals surface area contributed by atoms with Crippen molar-refractivity contribution in [1.82, 2.24) is 0 Å². The van der Waals surface area contributed by atoms with Gasteiger partial charge in [-0.3, -0.25) is 4.79 Å². The van der Waals surface area contributed by atoms with E-state index in [1.807, 2.05) is 0 Å². The van der Waals surface area contributed by atoms with E-state index in [2.05, 4.69) is 24.8 Å². The number of nitriles is 1. The molecule has 0 aromatic carbocycles. The molecule has 0 aliphatic heterocycles. The fourth-order valence-electron chi connectivity index (χ4n) is 1.78. The van der Waals surface area contributed by atoms with Crippen molar-refractivity contribution in [2.45, 2.75) is 84.2 Å². The lowest BCUT2D eigenvalue weighted by Gasteiger charge is -2.09. The van der Waals surface area contributed by atoms with Crippen LogP contribution in [0.1, 0.15) is 78.1 Å². The molecule has 0 spiro atoms. The van der Waals surface area contributed by atoms with Gasteiger partial charge in [-0.2, -0.15) is 5.26 Å². The third-order valence-corrected chi connectivity index (χ3v) is 3.00. The van der Waals surface area contributed by atoms with Gasteiger partial charge in [0.15, 0.2) is 6.10 Å². The molecule has 0 aromatic heterocycles. The molecule has 0 bridgehead atoms. The molecular weight excluding hydrogens is 250 g/mol. The minimum atomic E-state index is -0.415. The Morgan fingerprint density at radius 1 is 1.10 bits per heavy atom. The molecular formula is C17H27NO2. The number of esters is 1. The van der Waals surface area contributed by atoms with Crippen LogP contribution in [-0.2, 0) is 9.53 Å². The molecule has 0 aliphatic rings. The van der Waals surface area contributed by atoms with Gasteiger partial charge >= 0.3 is 5.97 Å². The van der Waals surface area contributed by atoms with Crippen LogP contribution in [0.4, 0.5) is 0 Å². The number of nitrogens with zero attached hydrogens (tertiary/aromatic N) is 1. The summed E-state index contributed by atoms with van der Waals surface area (Å²) in [5.41, 5.74) is 0. The number of hydrogen-bond donors (Lipinski definition) is 0. The fourth-order valence-corrected chi connectivity index (χ4v) is 1.78. The van der Waals surface area contributed by atoms with E-state index in [1.54, 1.807) is 6.92 Å². The Bertz CT molecular complexity index is 346. The summed E-state index contributed by atoms with van der Waals surface area (Å²) in [6, 6.07) is 2.06. The maximum absolute atomic E-state index is 11.2. The van der Waals surface area contributed by atoms with Crippen LogP contribution < -0.4 is 0 Å². The van der Waals surface area contributed by atoms with E-state index < -0.39 is 6.10 Å². The SMILES string of the molecule is CCCCCCCCC#CC(CCC#N)OC(=O)CC. The number of ether oxygens (including phenoxy) is 1. The Morgan fingerprint density at radius 2 is 1.80 bits per heavy atom. The molecule has 0 saturated heterocycles. The molecule has 0 amide bonds. The lowest BCUT2D eigenvalue weighted by atomic mass is 10.1. The van der Waals surface area contributed by atoms with Gasteiger partial charge in [0.05, 0.1) is 6.07 Å². The van der Waals surface area contributed by atoms with E-state index in [0.717, 1.165) is 12.8 Å². The minimum Gasteiger partial charge on any atom is -0.449 e. The molecule has 0 N–H and O–H groups in total. The Balaban J connectivity index is 3.89. The first kappa shape index (κ1) is 18.5. The van der Waals surface area contributed by atoms with Crippen molar-refractivity contribution < 1.29 is 9.53 Å². The van der Waals surface area contributed by atoms with Gasteiger partial charge in [-0.1, -0.05) is 57.8 Å². The molecule has 1 atom stereocenters. The van der Waals surface area contributed by atoms with Gasteiger partial charge < -0.3 is 4.74 Å². The molecule has 3 heteroatoms. The van der Waals surface area contributed by atoms with Crippen LogP contribution >= 0.6 is 0 Å². The van der Waals surface area contributed by atoms with E-state index in [4.69, 9.17) is 10.00 Å². The number of unbranched alkanes of at least 4 members (excludes halogenated alkanes) is 6. The summed E-state index contributed by atoms with van der Waals surface area (Å²) in [6.07, 6.45) is 9.14. The van der Waals surface area contributed by atoms with Crippen LogP contribution in [0.5, 0.6) is 0 Å². The maximum atomic E-state index is 11.2. The van der Waals surface area contributed by atoms with Crippen LogP contribution in [-0.4, -0.2) is 12.1 Å². The summed E-state index contributed by atoms with van der Waals surface area (Å²) in [4.78, 5) is 11.2. The van der Waals surface area contributed by atoms with Gasteiger partial charge in [-0.15, -0.1) is 0 Å². The van der Waals surface area contributed by atoms with Crippen LogP contribution in [0.3, 0.4) is 0 Å². The van der Waals surface area contributed by atoms with Crippen LogP contribution in [0.15, 0.2) is 0 Å². The summed E-state index contributed by atoms with van der Waals surface area (Å²) in [6.45, 7) is 3.97. The van der Waals surface area contributed by atoms with Crippen molar-refractivity contribution >= 4 is 5.97 Å². The molecule has 0 heterocycles. The first-order chi connectivity index (χ1) is 9.74. The zero-order valence-corrected chi connectivity index (χ0v) is 12.9. The molecule has 112 valence electrons. The van der Waals surface area contributed by atoms with Gasteiger partial charge in [0, 0.05) is 25.7 Å². The molecule has 0 aliphatic carbocycles. The third-order valence-electron chi connectivity index (χ3n) is 3.00. The lowest BCUT2D eigenvalue weighted by Crippen LogP contribution is -2.15. The monoisotopic (exact) mass is 277 g/mol. The molecule has 20 heavy (non-hydrogen) atoms. The van der Waals surface area contributed by atoms with E-state index in [9.17, 15) is 4.79 Å². The highest BCUT2D eigenvalue weighted by molar-refractivity contribution is 5.69. The molecule has 0 rings (SSSR count). The quantitative estimate of drug-likeness (QED) is 0.338. The first-order valence-corrected chi connectivity index (χ1v) is 7.79. The number of hydrogen-bond acceptors (Lipinski definition) is 3. The van der Waals surface area contributed by atoms with Crippen molar-refractivity contribution in [3.8, 4) is 17.9 Å². The molecule has 0 fully saturated rings. The van der Waals surface area contributed by atoms with Crippen molar-refractivity contribution in [3.63, 3.8) is 0 Å². The molecule has 1 unspecified atom stereocenters. The fraction of sp³-hybridized carbons (Fsp3) is 0.765. The predicted molar refractivity (Wildman–Crippen MR) is 80.8 cm³/mol. The van der Waals surface area contributed by atoms with Crippen molar-refractivity contribution in [2.24, 2.45) is 0 Å².